The van der Waals surface area contributed by atoms with Crippen molar-refractivity contribution in [1.82, 2.24) is 9.55 Å². The second kappa shape index (κ2) is 5.94. The number of hydrogen-bond donors (Lipinski definition) is 0. The summed E-state index contributed by atoms with van der Waals surface area (Å²) in [6.45, 7) is 4.16. The third-order valence-corrected chi connectivity index (χ3v) is 3.32. The number of carbonyl (C=O) groups excluding carboxylic acids is 1. The number of ketones is 1. The molecule has 1 aromatic rings. The van der Waals surface area contributed by atoms with Crippen LogP contribution in [-0.4, -0.2) is 15.3 Å². The summed E-state index contributed by atoms with van der Waals surface area (Å²) in [5.74, 6) is 0.229. The zero-order valence-corrected chi connectivity index (χ0v) is 11.1. The average Bonchev–Trinajstić information content (AvgIpc) is 2.29. The van der Waals surface area contributed by atoms with Crippen LogP contribution >= 0.6 is 15.9 Å². The standard InChI is InChI=1S/C11H15BrN2O2/c1-3-9(15)5-4-6-14-7-13-8(2)10(12)11(14)16/h7H,3-6H2,1-2H3. The van der Waals surface area contributed by atoms with Gasteiger partial charge in [-0.3, -0.25) is 14.2 Å². The molecular weight excluding hydrogens is 272 g/mol. The molecule has 0 saturated heterocycles. The third-order valence-electron chi connectivity index (χ3n) is 2.41. The molecule has 16 heavy (non-hydrogen) atoms. The predicted molar refractivity (Wildman–Crippen MR) is 65.5 cm³/mol. The van der Waals surface area contributed by atoms with Gasteiger partial charge >= 0.3 is 0 Å². The molecule has 0 radical (unpaired) electrons. The average molecular weight is 287 g/mol. The molecule has 0 spiro atoms. The van der Waals surface area contributed by atoms with Crippen molar-refractivity contribution in [2.24, 2.45) is 0 Å². The van der Waals surface area contributed by atoms with Gasteiger partial charge in [-0.05, 0) is 29.3 Å². The Morgan fingerprint density at radius 2 is 2.25 bits per heavy atom. The number of nitrogens with zero attached hydrogens (tertiary/aromatic N) is 2. The van der Waals surface area contributed by atoms with Gasteiger partial charge in [0, 0.05) is 19.4 Å². The van der Waals surface area contributed by atoms with Crippen molar-refractivity contribution in [1.29, 1.82) is 0 Å². The van der Waals surface area contributed by atoms with Crippen molar-refractivity contribution in [3.05, 3.63) is 26.8 Å². The van der Waals surface area contributed by atoms with Crippen LogP contribution in [0.1, 0.15) is 31.9 Å². The van der Waals surface area contributed by atoms with Crippen LogP contribution in [0.3, 0.4) is 0 Å². The normalized spacial score (nSPS) is 10.4. The number of carbonyl (C=O) groups is 1. The number of Topliss-reactive ketones (excluding diaryl/α,β-unsaturated/α-hetero) is 1. The van der Waals surface area contributed by atoms with Gasteiger partial charge in [0.1, 0.15) is 10.3 Å². The van der Waals surface area contributed by atoms with Crippen LogP contribution in [-0.2, 0) is 11.3 Å². The highest BCUT2D eigenvalue weighted by atomic mass is 79.9. The number of aromatic nitrogens is 2. The highest BCUT2D eigenvalue weighted by Crippen LogP contribution is 2.06. The summed E-state index contributed by atoms with van der Waals surface area (Å²) in [5.41, 5.74) is 0.599. The van der Waals surface area contributed by atoms with Crippen molar-refractivity contribution in [2.45, 2.75) is 39.7 Å². The lowest BCUT2D eigenvalue weighted by Gasteiger charge is -2.06. The summed E-state index contributed by atoms with van der Waals surface area (Å²) in [6.07, 6.45) is 3.29. The monoisotopic (exact) mass is 286 g/mol. The number of aryl methyl sites for hydroxylation is 2. The van der Waals surface area contributed by atoms with Crippen molar-refractivity contribution in [3.63, 3.8) is 0 Å². The van der Waals surface area contributed by atoms with Crippen molar-refractivity contribution in [2.75, 3.05) is 0 Å². The van der Waals surface area contributed by atoms with Crippen molar-refractivity contribution >= 4 is 21.7 Å². The number of halogens is 1. The Kier molecular flexibility index (Phi) is 4.86. The van der Waals surface area contributed by atoms with E-state index < -0.39 is 0 Å². The molecule has 0 amide bonds. The highest BCUT2D eigenvalue weighted by molar-refractivity contribution is 9.10. The molecule has 1 heterocycles. The summed E-state index contributed by atoms with van der Waals surface area (Å²) in [5, 5.41) is 0. The maximum atomic E-state index is 11.7. The van der Waals surface area contributed by atoms with Crippen LogP contribution in [0.5, 0.6) is 0 Å². The molecule has 0 bridgehead atoms. The minimum absolute atomic E-state index is 0.0866. The summed E-state index contributed by atoms with van der Waals surface area (Å²) in [7, 11) is 0. The van der Waals surface area contributed by atoms with E-state index in [4.69, 9.17) is 0 Å². The van der Waals surface area contributed by atoms with E-state index in [-0.39, 0.29) is 11.3 Å². The van der Waals surface area contributed by atoms with E-state index in [2.05, 4.69) is 20.9 Å². The lowest BCUT2D eigenvalue weighted by molar-refractivity contribution is -0.118. The Labute approximate surface area is 103 Å². The molecule has 0 fully saturated rings. The fourth-order valence-electron chi connectivity index (χ4n) is 1.33. The molecule has 0 aromatic carbocycles. The van der Waals surface area contributed by atoms with E-state index in [1.807, 2.05) is 6.92 Å². The fraction of sp³-hybridized carbons (Fsp3) is 0.545. The molecule has 5 heteroatoms. The topological polar surface area (TPSA) is 52.0 Å². The molecule has 0 aliphatic carbocycles. The Morgan fingerprint density at radius 1 is 1.56 bits per heavy atom. The highest BCUT2D eigenvalue weighted by Gasteiger charge is 2.05. The van der Waals surface area contributed by atoms with E-state index >= 15 is 0 Å². The molecule has 1 rings (SSSR count). The first-order valence-electron chi connectivity index (χ1n) is 5.29. The van der Waals surface area contributed by atoms with E-state index in [0.717, 1.165) is 0 Å². The first-order valence-corrected chi connectivity index (χ1v) is 6.08. The second-order valence-electron chi connectivity index (χ2n) is 3.64. The Balaban J connectivity index is 2.65. The summed E-state index contributed by atoms with van der Waals surface area (Å²) < 4.78 is 2.02. The molecule has 0 atom stereocenters. The van der Waals surface area contributed by atoms with Crippen LogP contribution in [0.4, 0.5) is 0 Å². The molecule has 0 N–H and O–H groups in total. The number of rotatable bonds is 5. The molecule has 0 unspecified atom stereocenters. The molecule has 4 nitrogen and oxygen atoms in total. The quantitative estimate of drug-likeness (QED) is 0.833. The SMILES string of the molecule is CCC(=O)CCCn1cnc(C)c(Br)c1=O. The largest absolute Gasteiger partial charge is 0.300 e. The van der Waals surface area contributed by atoms with E-state index in [1.165, 1.54) is 10.9 Å². The van der Waals surface area contributed by atoms with E-state index in [9.17, 15) is 9.59 Å². The summed E-state index contributed by atoms with van der Waals surface area (Å²) in [6, 6.07) is 0. The molecule has 0 aliphatic rings. The van der Waals surface area contributed by atoms with Crippen LogP contribution in [0.15, 0.2) is 15.6 Å². The van der Waals surface area contributed by atoms with Crippen molar-refractivity contribution < 1.29 is 4.79 Å². The van der Waals surface area contributed by atoms with Crippen LogP contribution in [0, 0.1) is 6.92 Å². The van der Waals surface area contributed by atoms with Gasteiger partial charge in [-0.1, -0.05) is 6.92 Å². The van der Waals surface area contributed by atoms with Gasteiger partial charge in [-0.2, -0.15) is 0 Å². The van der Waals surface area contributed by atoms with Gasteiger partial charge < -0.3 is 0 Å². The minimum Gasteiger partial charge on any atom is -0.300 e. The summed E-state index contributed by atoms with van der Waals surface area (Å²) in [4.78, 5) is 26.9. The molecule has 88 valence electrons. The smallest absolute Gasteiger partial charge is 0.267 e. The Morgan fingerprint density at radius 3 is 2.88 bits per heavy atom. The molecule has 0 saturated carbocycles. The second-order valence-corrected chi connectivity index (χ2v) is 4.43. The maximum Gasteiger partial charge on any atom is 0.267 e. The fourth-order valence-corrected chi connectivity index (χ4v) is 1.66. The van der Waals surface area contributed by atoms with Crippen LogP contribution < -0.4 is 5.56 Å². The lowest BCUT2D eigenvalue weighted by atomic mass is 10.2. The van der Waals surface area contributed by atoms with Gasteiger partial charge in [-0.25, -0.2) is 4.98 Å². The third kappa shape index (κ3) is 3.27. The van der Waals surface area contributed by atoms with Gasteiger partial charge in [0.05, 0.1) is 12.0 Å². The predicted octanol–water partition coefficient (Wildman–Crippen LogP) is 2.07. The van der Waals surface area contributed by atoms with Crippen LogP contribution in [0.25, 0.3) is 0 Å². The zero-order chi connectivity index (χ0) is 12.1. The van der Waals surface area contributed by atoms with Gasteiger partial charge in [0.2, 0.25) is 0 Å². The zero-order valence-electron chi connectivity index (χ0n) is 9.49. The maximum absolute atomic E-state index is 11.7. The van der Waals surface area contributed by atoms with Gasteiger partial charge in [0.25, 0.3) is 5.56 Å². The molecule has 0 aliphatic heterocycles. The first kappa shape index (κ1) is 13.1. The first-order chi connectivity index (χ1) is 7.56. The Hall–Kier alpha value is -0.970. The molecule has 1 aromatic heterocycles. The summed E-state index contributed by atoms with van der Waals surface area (Å²) >= 11 is 3.20. The van der Waals surface area contributed by atoms with Gasteiger partial charge in [0.15, 0.2) is 0 Å². The lowest BCUT2D eigenvalue weighted by Crippen LogP contribution is -2.22. The van der Waals surface area contributed by atoms with Gasteiger partial charge in [-0.15, -0.1) is 0 Å². The Bertz CT molecular complexity index is 440. The molecular formula is C11H15BrN2O2. The minimum atomic E-state index is -0.0866. The van der Waals surface area contributed by atoms with Crippen molar-refractivity contribution in [3.8, 4) is 0 Å². The van der Waals surface area contributed by atoms with E-state index in [0.29, 0.717) is 36.0 Å². The van der Waals surface area contributed by atoms with Crippen LogP contribution in [0.2, 0.25) is 0 Å². The van der Waals surface area contributed by atoms with E-state index in [1.54, 1.807) is 6.92 Å². The number of hydrogen-bond acceptors (Lipinski definition) is 3.